The van der Waals surface area contributed by atoms with Crippen molar-refractivity contribution in [3.8, 4) is 0 Å². The third kappa shape index (κ3) is 2.27. The fraction of sp³-hybridized carbons (Fsp3) is 0.0769. The van der Waals surface area contributed by atoms with Crippen molar-refractivity contribution in [2.45, 2.75) is 6.92 Å². The standard InChI is InChI=1S/C13H10BrN3O3/c1-6-4-8-9(17-13(19)16-8)5-7(6)15-12(18)10-2-3-11(14)20-10/h2-5H,1H3,(H,15,18)(H2,16,17,19). The number of nitrogens with one attached hydrogen (secondary N) is 3. The summed E-state index contributed by atoms with van der Waals surface area (Å²) in [5, 5.41) is 2.75. The van der Waals surface area contributed by atoms with Crippen molar-refractivity contribution in [2.24, 2.45) is 0 Å². The number of anilines is 1. The van der Waals surface area contributed by atoms with E-state index in [1.807, 2.05) is 6.92 Å². The van der Waals surface area contributed by atoms with Crippen LogP contribution in [0.5, 0.6) is 0 Å². The molecule has 102 valence electrons. The smallest absolute Gasteiger partial charge is 0.323 e. The van der Waals surface area contributed by atoms with Gasteiger partial charge in [-0.25, -0.2) is 4.79 Å². The van der Waals surface area contributed by atoms with E-state index in [0.717, 1.165) is 5.56 Å². The van der Waals surface area contributed by atoms with Crippen molar-refractivity contribution in [1.82, 2.24) is 9.97 Å². The predicted molar refractivity (Wildman–Crippen MR) is 78.0 cm³/mol. The molecule has 0 atom stereocenters. The summed E-state index contributed by atoms with van der Waals surface area (Å²) in [6.45, 7) is 1.85. The van der Waals surface area contributed by atoms with Crippen LogP contribution in [0.4, 0.5) is 5.69 Å². The molecule has 20 heavy (non-hydrogen) atoms. The lowest BCUT2D eigenvalue weighted by Crippen LogP contribution is -2.11. The summed E-state index contributed by atoms with van der Waals surface area (Å²) in [6.07, 6.45) is 0. The molecule has 1 amide bonds. The number of hydrogen-bond donors (Lipinski definition) is 3. The van der Waals surface area contributed by atoms with Gasteiger partial charge in [0, 0.05) is 5.69 Å². The molecule has 0 fully saturated rings. The predicted octanol–water partition coefficient (Wildman–Crippen LogP) is 2.77. The molecule has 0 aliphatic heterocycles. The van der Waals surface area contributed by atoms with Crippen LogP contribution in [-0.2, 0) is 0 Å². The Hall–Kier alpha value is -2.28. The number of fused-ring (bicyclic) bond motifs is 1. The SMILES string of the molecule is Cc1cc2[nH]c(=O)[nH]c2cc1NC(=O)c1ccc(Br)o1. The Labute approximate surface area is 121 Å². The zero-order valence-corrected chi connectivity index (χ0v) is 12.0. The van der Waals surface area contributed by atoms with Gasteiger partial charge in [-0.2, -0.15) is 0 Å². The molecule has 7 heteroatoms. The van der Waals surface area contributed by atoms with E-state index in [-0.39, 0.29) is 17.4 Å². The number of aromatic nitrogens is 2. The van der Waals surface area contributed by atoms with Crippen LogP contribution in [-0.4, -0.2) is 15.9 Å². The van der Waals surface area contributed by atoms with Gasteiger partial charge in [-0.3, -0.25) is 4.79 Å². The first-order valence-corrected chi connectivity index (χ1v) is 6.61. The molecule has 0 saturated heterocycles. The van der Waals surface area contributed by atoms with Crippen LogP contribution in [0.15, 0.2) is 38.1 Å². The van der Waals surface area contributed by atoms with Crippen LogP contribution >= 0.6 is 15.9 Å². The molecule has 0 bridgehead atoms. The number of carbonyl (C=O) groups excluding carboxylic acids is 1. The molecule has 0 unspecified atom stereocenters. The van der Waals surface area contributed by atoms with Crippen LogP contribution in [0.2, 0.25) is 0 Å². The van der Waals surface area contributed by atoms with Crippen molar-refractivity contribution in [3.63, 3.8) is 0 Å². The van der Waals surface area contributed by atoms with Gasteiger partial charge >= 0.3 is 5.69 Å². The Bertz CT molecular complexity index is 859. The second-order valence-corrected chi connectivity index (χ2v) is 5.13. The monoisotopic (exact) mass is 335 g/mol. The van der Waals surface area contributed by atoms with Crippen molar-refractivity contribution in [3.05, 3.63) is 50.7 Å². The lowest BCUT2D eigenvalue weighted by Gasteiger charge is -2.07. The summed E-state index contributed by atoms with van der Waals surface area (Å²) < 4.78 is 5.68. The molecule has 0 aliphatic carbocycles. The number of hydrogen-bond acceptors (Lipinski definition) is 3. The number of rotatable bonds is 2. The lowest BCUT2D eigenvalue weighted by molar-refractivity contribution is 0.0995. The molecule has 0 radical (unpaired) electrons. The summed E-state index contributed by atoms with van der Waals surface area (Å²) >= 11 is 3.15. The van der Waals surface area contributed by atoms with Crippen LogP contribution in [0.1, 0.15) is 16.1 Å². The highest BCUT2D eigenvalue weighted by Gasteiger charge is 2.13. The highest BCUT2D eigenvalue weighted by atomic mass is 79.9. The van der Waals surface area contributed by atoms with Crippen molar-refractivity contribution < 1.29 is 9.21 Å². The average Bonchev–Trinajstić information content (AvgIpc) is 2.95. The summed E-state index contributed by atoms with van der Waals surface area (Å²) in [5.41, 5.74) is 2.51. The Balaban J connectivity index is 1.95. The normalized spacial score (nSPS) is 10.9. The first-order chi connectivity index (χ1) is 9.52. The van der Waals surface area contributed by atoms with E-state index in [0.29, 0.717) is 21.4 Å². The molecule has 3 N–H and O–H groups in total. The number of halogens is 1. The Morgan fingerprint density at radius 2 is 1.95 bits per heavy atom. The largest absolute Gasteiger partial charge is 0.444 e. The molecule has 2 heterocycles. The maximum Gasteiger partial charge on any atom is 0.323 e. The molecular formula is C13H10BrN3O3. The van der Waals surface area contributed by atoms with Gasteiger partial charge in [0.15, 0.2) is 10.4 Å². The maximum atomic E-state index is 12.0. The topological polar surface area (TPSA) is 90.9 Å². The number of furan rings is 1. The number of aryl methyl sites for hydroxylation is 1. The van der Waals surface area contributed by atoms with Gasteiger partial charge in [0.1, 0.15) is 0 Å². The number of amides is 1. The minimum Gasteiger partial charge on any atom is -0.444 e. The molecule has 2 aromatic heterocycles. The molecule has 0 aliphatic rings. The van der Waals surface area contributed by atoms with Gasteiger partial charge in [0.2, 0.25) is 0 Å². The first kappa shape index (κ1) is 12.7. The molecule has 3 rings (SSSR count). The first-order valence-electron chi connectivity index (χ1n) is 5.82. The van der Waals surface area contributed by atoms with Gasteiger partial charge in [-0.05, 0) is 52.7 Å². The molecule has 3 aromatic rings. The van der Waals surface area contributed by atoms with Crippen molar-refractivity contribution in [2.75, 3.05) is 5.32 Å². The van der Waals surface area contributed by atoms with Crippen LogP contribution < -0.4 is 11.0 Å². The van der Waals surface area contributed by atoms with Crippen molar-refractivity contribution in [1.29, 1.82) is 0 Å². The number of benzene rings is 1. The maximum absolute atomic E-state index is 12.0. The summed E-state index contributed by atoms with van der Waals surface area (Å²) in [6, 6.07) is 6.72. The van der Waals surface area contributed by atoms with Gasteiger partial charge in [0.05, 0.1) is 11.0 Å². The van der Waals surface area contributed by atoms with Crippen LogP contribution in [0, 0.1) is 6.92 Å². The zero-order chi connectivity index (χ0) is 14.3. The lowest BCUT2D eigenvalue weighted by atomic mass is 10.1. The van der Waals surface area contributed by atoms with Gasteiger partial charge < -0.3 is 19.7 Å². The highest BCUT2D eigenvalue weighted by molar-refractivity contribution is 9.10. The molecule has 0 spiro atoms. The third-order valence-electron chi connectivity index (χ3n) is 2.91. The van der Waals surface area contributed by atoms with Crippen LogP contribution in [0.25, 0.3) is 11.0 Å². The highest BCUT2D eigenvalue weighted by Crippen LogP contribution is 2.22. The zero-order valence-electron chi connectivity index (χ0n) is 10.4. The van der Waals surface area contributed by atoms with Crippen LogP contribution in [0.3, 0.4) is 0 Å². The molecule has 6 nitrogen and oxygen atoms in total. The molecule has 0 saturated carbocycles. The second kappa shape index (κ2) is 4.68. The Morgan fingerprint density at radius 1 is 1.25 bits per heavy atom. The van der Waals surface area contributed by atoms with E-state index in [1.54, 1.807) is 24.3 Å². The molecular weight excluding hydrogens is 326 g/mol. The average molecular weight is 336 g/mol. The summed E-state index contributed by atoms with van der Waals surface area (Å²) in [4.78, 5) is 28.6. The van der Waals surface area contributed by atoms with E-state index < -0.39 is 0 Å². The minimum atomic E-state index is -0.351. The van der Waals surface area contributed by atoms with E-state index >= 15 is 0 Å². The number of H-pyrrole nitrogens is 2. The molecule has 1 aromatic carbocycles. The summed E-state index contributed by atoms with van der Waals surface area (Å²) in [7, 11) is 0. The van der Waals surface area contributed by atoms with E-state index in [9.17, 15) is 9.59 Å². The van der Waals surface area contributed by atoms with Gasteiger partial charge in [-0.15, -0.1) is 0 Å². The Morgan fingerprint density at radius 3 is 2.60 bits per heavy atom. The fourth-order valence-corrected chi connectivity index (χ4v) is 2.25. The fourth-order valence-electron chi connectivity index (χ4n) is 1.95. The number of imidazole rings is 1. The van der Waals surface area contributed by atoms with Gasteiger partial charge in [-0.1, -0.05) is 0 Å². The van der Waals surface area contributed by atoms with E-state index in [1.165, 1.54) is 0 Å². The Kier molecular flexibility index (Phi) is 2.98. The van der Waals surface area contributed by atoms with E-state index in [2.05, 4.69) is 31.2 Å². The number of carbonyl (C=O) groups is 1. The second-order valence-electron chi connectivity index (χ2n) is 4.35. The van der Waals surface area contributed by atoms with E-state index in [4.69, 9.17) is 4.42 Å². The quantitative estimate of drug-likeness (QED) is 0.672. The van der Waals surface area contributed by atoms with Gasteiger partial charge in [0.25, 0.3) is 5.91 Å². The number of aromatic amines is 2. The third-order valence-corrected chi connectivity index (χ3v) is 3.33. The summed E-state index contributed by atoms with van der Waals surface area (Å²) in [5.74, 6) is -0.144. The minimum absolute atomic E-state index is 0.207. The van der Waals surface area contributed by atoms with Crippen molar-refractivity contribution >= 4 is 38.6 Å².